The van der Waals surface area contributed by atoms with Crippen molar-refractivity contribution in [3.05, 3.63) is 42.2 Å². The van der Waals surface area contributed by atoms with Gasteiger partial charge in [-0.2, -0.15) is 0 Å². The van der Waals surface area contributed by atoms with E-state index in [4.69, 9.17) is 0 Å². The van der Waals surface area contributed by atoms with Crippen LogP contribution in [0.15, 0.2) is 36.7 Å². The molecule has 1 aliphatic heterocycles. The molecule has 1 aromatic heterocycles. The van der Waals surface area contributed by atoms with Crippen molar-refractivity contribution in [1.29, 1.82) is 0 Å². The average Bonchev–Trinajstić information content (AvgIpc) is 2.56. The first kappa shape index (κ1) is 15.3. The Bertz CT molecular complexity index is 668. The zero-order valence-electron chi connectivity index (χ0n) is 13.2. The summed E-state index contributed by atoms with van der Waals surface area (Å²) in [5.74, 6) is 1.70. The Labute approximate surface area is 135 Å². The molecule has 2 N–H and O–H groups in total. The van der Waals surface area contributed by atoms with Gasteiger partial charge in [0.1, 0.15) is 18.0 Å². The Morgan fingerprint density at radius 3 is 2.78 bits per heavy atom. The summed E-state index contributed by atoms with van der Waals surface area (Å²) in [6, 6.07) is 10.4. The van der Waals surface area contributed by atoms with Gasteiger partial charge in [0.25, 0.3) is 0 Å². The standard InChI is InChI=1S/C17H21N5O/c1-13-3-2-4-15(9-13)21-16-10-17(19-11-18-16)22-7-5-14(6-8-22)20-12-23/h2-4,9-12,14H,5-8H2,1H3,(H,20,23)(H,18,19,21). The van der Waals surface area contributed by atoms with E-state index >= 15 is 0 Å². The van der Waals surface area contributed by atoms with Crippen LogP contribution in [-0.4, -0.2) is 35.5 Å². The molecule has 0 aliphatic carbocycles. The number of rotatable bonds is 5. The van der Waals surface area contributed by atoms with Crippen molar-refractivity contribution in [1.82, 2.24) is 15.3 Å². The van der Waals surface area contributed by atoms with Gasteiger partial charge in [0, 0.05) is 30.9 Å². The van der Waals surface area contributed by atoms with Crippen molar-refractivity contribution < 1.29 is 4.79 Å². The van der Waals surface area contributed by atoms with Crippen molar-refractivity contribution in [3.63, 3.8) is 0 Å². The van der Waals surface area contributed by atoms with E-state index in [1.165, 1.54) is 5.56 Å². The number of hydrogen-bond acceptors (Lipinski definition) is 5. The Kier molecular flexibility index (Phi) is 4.71. The molecule has 120 valence electrons. The second kappa shape index (κ2) is 7.09. The number of aromatic nitrogens is 2. The van der Waals surface area contributed by atoms with Crippen molar-refractivity contribution in [3.8, 4) is 0 Å². The minimum absolute atomic E-state index is 0.274. The molecule has 1 aromatic carbocycles. The summed E-state index contributed by atoms with van der Waals surface area (Å²) < 4.78 is 0. The van der Waals surface area contributed by atoms with Crippen LogP contribution in [0.3, 0.4) is 0 Å². The van der Waals surface area contributed by atoms with E-state index < -0.39 is 0 Å². The van der Waals surface area contributed by atoms with Gasteiger partial charge in [0.15, 0.2) is 0 Å². The molecule has 0 saturated carbocycles. The fourth-order valence-corrected chi connectivity index (χ4v) is 2.83. The third-order valence-corrected chi connectivity index (χ3v) is 4.07. The maximum atomic E-state index is 10.5. The second-order valence-corrected chi connectivity index (χ2v) is 5.80. The van der Waals surface area contributed by atoms with Gasteiger partial charge in [-0.3, -0.25) is 4.79 Å². The summed E-state index contributed by atoms with van der Waals surface area (Å²) in [5, 5.41) is 6.17. The molecule has 2 aromatic rings. The number of nitrogens with one attached hydrogen (secondary N) is 2. The summed E-state index contributed by atoms with van der Waals surface area (Å²) in [6.45, 7) is 3.83. The lowest BCUT2D eigenvalue weighted by Gasteiger charge is -2.32. The molecule has 1 fully saturated rings. The average molecular weight is 311 g/mol. The van der Waals surface area contributed by atoms with Crippen molar-refractivity contribution >= 4 is 23.7 Å². The van der Waals surface area contributed by atoms with E-state index in [0.717, 1.165) is 49.7 Å². The third kappa shape index (κ3) is 3.97. The molecule has 3 rings (SSSR count). The van der Waals surface area contributed by atoms with Gasteiger partial charge in [-0.05, 0) is 37.5 Å². The Morgan fingerprint density at radius 1 is 1.22 bits per heavy atom. The molecule has 0 atom stereocenters. The SMILES string of the molecule is Cc1cccc(Nc2cc(N3CCC(NC=O)CC3)ncn2)c1. The van der Waals surface area contributed by atoms with Crippen LogP contribution in [0, 0.1) is 6.92 Å². The fraction of sp³-hybridized carbons (Fsp3) is 0.353. The lowest BCUT2D eigenvalue weighted by molar-refractivity contribution is -0.110. The van der Waals surface area contributed by atoms with Gasteiger partial charge in [-0.15, -0.1) is 0 Å². The maximum absolute atomic E-state index is 10.5. The molecule has 0 radical (unpaired) electrons. The van der Waals surface area contributed by atoms with Crippen molar-refractivity contribution in [2.75, 3.05) is 23.3 Å². The van der Waals surface area contributed by atoms with E-state index in [1.807, 2.05) is 18.2 Å². The molecule has 6 heteroatoms. The molecular weight excluding hydrogens is 290 g/mol. The highest BCUT2D eigenvalue weighted by atomic mass is 16.1. The number of amides is 1. The second-order valence-electron chi connectivity index (χ2n) is 5.80. The molecule has 0 unspecified atom stereocenters. The quantitative estimate of drug-likeness (QED) is 0.829. The van der Waals surface area contributed by atoms with Gasteiger partial charge in [0.05, 0.1) is 0 Å². The zero-order valence-corrected chi connectivity index (χ0v) is 13.2. The van der Waals surface area contributed by atoms with Crippen LogP contribution < -0.4 is 15.5 Å². The predicted molar refractivity (Wildman–Crippen MR) is 90.9 cm³/mol. The van der Waals surface area contributed by atoms with E-state index in [1.54, 1.807) is 6.33 Å². The third-order valence-electron chi connectivity index (χ3n) is 4.07. The number of piperidine rings is 1. The van der Waals surface area contributed by atoms with Crippen LogP contribution in [0.2, 0.25) is 0 Å². The molecular formula is C17H21N5O. The minimum Gasteiger partial charge on any atom is -0.356 e. The Hall–Kier alpha value is -2.63. The maximum Gasteiger partial charge on any atom is 0.207 e. The van der Waals surface area contributed by atoms with Crippen LogP contribution >= 0.6 is 0 Å². The molecule has 0 spiro atoms. The molecule has 6 nitrogen and oxygen atoms in total. The molecule has 1 amide bonds. The number of aryl methyl sites for hydroxylation is 1. The first-order valence-electron chi connectivity index (χ1n) is 7.85. The highest BCUT2D eigenvalue weighted by Crippen LogP contribution is 2.22. The predicted octanol–water partition coefficient (Wildman–Crippen LogP) is 2.24. The molecule has 2 heterocycles. The van der Waals surface area contributed by atoms with Gasteiger partial charge in [0.2, 0.25) is 6.41 Å². The normalized spacial score (nSPS) is 15.3. The smallest absolute Gasteiger partial charge is 0.207 e. The van der Waals surface area contributed by atoms with Crippen LogP contribution in [0.4, 0.5) is 17.3 Å². The Morgan fingerprint density at radius 2 is 2.04 bits per heavy atom. The fourth-order valence-electron chi connectivity index (χ4n) is 2.83. The van der Waals surface area contributed by atoms with E-state index in [-0.39, 0.29) is 6.04 Å². The van der Waals surface area contributed by atoms with Crippen LogP contribution in [0.5, 0.6) is 0 Å². The van der Waals surface area contributed by atoms with Gasteiger partial charge >= 0.3 is 0 Å². The molecule has 0 bridgehead atoms. The first-order chi connectivity index (χ1) is 11.2. The highest BCUT2D eigenvalue weighted by Gasteiger charge is 2.19. The number of nitrogens with zero attached hydrogens (tertiary/aromatic N) is 3. The highest BCUT2D eigenvalue weighted by molar-refractivity contribution is 5.60. The van der Waals surface area contributed by atoms with E-state index in [2.05, 4.69) is 44.6 Å². The van der Waals surface area contributed by atoms with Crippen LogP contribution in [-0.2, 0) is 4.79 Å². The summed E-state index contributed by atoms with van der Waals surface area (Å²) in [7, 11) is 0. The van der Waals surface area contributed by atoms with E-state index in [9.17, 15) is 4.79 Å². The minimum atomic E-state index is 0.274. The number of hydrogen-bond donors (Lipinski definition) is 2. The summed E-state index contributed by atoms with van der Waals surface area (Å²) in [4.78, 5) is 21.4. The monoisotopic (exact) mass is 311 g/mol. The van der Waals surface area contributed by atoms with Crippen molar-refractivity contribution in [2.24, 2.45) is 0 Å². The molecule has 1 aliphatic rings. The summed E-state index contributed by atoms with van der Waals surface area (Å²) in [5.41, 5.74) is 2.22. The van der Waals surface area contributed by atoms with Crippen LogP contribution in [0.25, 0.3) is 0 Å². The number of carbonyl (C=O) groups excluding carboxylic acids is 1. The number of anilines is 3. The van der Waals surface area contributed by atoms with E-state index in [0.29, 0.717) is 0 Å². The van der Waals surface area contributed by atoms with Crippen molar-refractivity contribution in [2.45, 2.75) is 25.8 Å². The first-order valence-corrected chi connectivity index (χ1v) is 7.85. The van der Waals surface area contributed by atoms with Gasteiger partial charge in [-0.25, -0.2) is 9.97 Å². The lowest BCUT2D eigenvalue weighted by Crippen LogP contribution is -2.42. The summed E-state index contributed by atoms with van der Waals surface area (Å²) in [6.07, 6.45) is 4.24. The topological polar surface area (TPSA) is 70.2 Å². The van der Waals surface area contributed by atoms with Gasteiger partial charge < -0.3 is 15.5 Å². The molecule has 23 heavy (non-hydrogen) atoms. The largest absolute Gasteiger partial charge is 0.356 e. The van der Waals surface area contributed by atoms with Gasteiger partial charge in [-0.1, -0.05) is 12.1 Å². The van der Waals surface area contributed by atoms with Crippen LogP contribution in [0.1, 0.15) is 18.4 Å². The summed E-state index contributed by atoms with van der Waals surface area (Å²) >= 11 is 0. The lowest BCUT2D eigenvalue weighted by atomic mass is 10.1. The Balaban J connectivity index is 1.67. The number of benzene rings is 1. The molecule has 1 saturated heterocycles. The number of carbonyl (C=O) groups is 1. The zero-order chi connectivity index (χ0) is 16.1.